The van der Waals surface area contributed by atoms with Crippen LogP contribution in [0.1, 0.15) is 17.7 Å². The number of aliphatic hydroxyl groups excluding tert-OH is 1. The predicted octanol–water partition coefficient (Wildman–Crippen LogP) is -0.0775. The van der Waals surface area contributed by atoms with Gasteiger partial charge in [-0.25, -0.2) is 0 Å². The van der Waals surface area contributed by atoms with Gasteiger partial charge in [0.25, 0.3) is 5.91 Å². The number of carbonyl (C=O) groups is 3. The van der Waals surface area contributed by atoms with E-state index in [0.717, 1.165) is 0 Å². The van der Waals surface area contributed by atoms with E-state index in [2.05, 4.69) is 0 Å². The number of ketones is 1. The molecule has 1 amide bonds. The van der Waals surface area contributed by atoms with Gasteiger partial charge in [0.1, 0.15) is 16.7 Å². The molecule has 2 aliphatic heterocycles. The lowest BCUT2D eigenvalue weighted by Crippen LogP contribution is -2.60. The van der Waals surface area contributed by atoms with Gasteiger partial charge in [-0.05, 0) is 12.1 Å². The van der Waals surface area contributed by atoms with Gasteiger partial charge in [-0.1, -0.05) is 6.08 Å². The lowest BCUT2D eigenvalue weighted by Gasteiger charge is -2.49. The first-order valence-corrected chi connectivity index (χ1v) is 7.36. The molecule has 1 N–H and O–H groups in total. The first-order chi connectivity index (χ1) is 11.0. The fourth-order valence-electron chi connectivity index (χ4n) is 4.38. The molecule has 3 aliphatic rings. The van der Waals surface area contributed by atoms with E-state index in [1.165, 1.54) is 30.4 Å². The summed E-state index contributed by atoms with van der Waals surface area (Å²) in [4.78, 5) is 38.9. The summed E-state index contributed by atoms with van der Waals surface area (Å²) in [5, 5.41) is 10.6. The molecule has 1 saturated heterocycles. The Balaban J connectivity index is 2.09. The summed E-state index contributed by atoms with van der Waals surface area (Å²) in [5.41, 5.74) is -2.34. The number of fused-ring (bicyclic) bond motifs is 1. The molecule has 120 valence electrons. The topological polar surface area (TPSA) is 97.1 Å². The minimum atomic E-state index is -1.65. The SMILES string of the molecule is COC(=O)[C@@]12C=CC(=O)C[C@@]13c1ccoc1CCN3C(=O)[C@H]2O. The van der Waals surface area contributed by atoms with Crippen LogP contribution in [0.3, 0.4) is 0 Å². The Hall–Kier alpha value is -2.41. The first kappa shape index (κ1) is 14.2. The maximum absolute atomic E-state index is 12.7. The predicted molar refractivity (Wildman–Crippen MR) is 75.0 cm³/mol. The Morgan fingerprint density at radius 1 is 1.48 bits per heavy atom. The molecule has 0 bridgehead atoms. The van der Waals surface area contributed by atoms with Crippen LogP contribution in [0.25, 0.3) is 0 Å². The molecule has 0 unspecified atom stereocenters. The largest absolute Gasteiger partial charge is 0.469 e. The third-order valence-corrected chi connectivity index (χ3v) is 5.32. The van der Waals surface area contributed by atoms with E-state index in [1.807, 2.05) is 0 Å². The Morgan fingerprint density at radius 3 is 3.00 bits per heavy atom. The summed E-state index contributed by atoms with van der Waals surface area (Å²) < 4.78 is 10.4. The zero-order valence-electron chi connectivity index (χ0n) is 12.4. The average Bonchev–Trinajstić information content (AvgIpc) is 3.09. The molecule has 1 fully saturated rings. The molecule has 3 heterocycles. The molecule has 1 aliphatic carbocycles. The lowest BCUT2D eigenvalue weighted by atomic mass is 9.59. The highest BCUT2D eigenvalue weighted by molar-refractivity contribution is 6.04. The molecule has 0 aromatic carbocycles. The van der Waals surface area contributed by atoms with Crippen LogP contribution in [0.5, 0.6) is 0 Å². The molecular formula is C16H15NO6. The number of aliphatic hydroxyl groups is 1. The number of esters is 1. The first-order valence-electron chi connectivity index (χ1n) is 7.36. The number of rotatable bonds is 1. The van der Waals surface area contributed by atoms with Crippen LogP contribution in [0, 0.1) is 5.41 Å². The van der Waals surface area contributed by atoms with Crippen molar-refractivity contribution in [1.82, 2.24) is 4.90 Å². The van der Waals surface area contributed by atoms with Crippen molar-refractivity contribution in [1.29, 1.82) is 0 Å². The van der Waals surface area contributed by atoms with Gasteiger partial charge in [0.15, 0.2) is 11.9 Å². The number of amides is 1. The number of nitrogens with zero attached hydrogens (tertiary/aromatic N) is 1. The number of methoxy groups -OCH3 is 1. The smallest absolute Gasteiger partial charge is 0.321 e. The maximum Gasteiger partial charge on any atom is 0.321 e. The molecular weight excluding hydrogens is 302 g/mol. The minimum absolute atomic E-state index is 0.0894. The quantitative estimate of drug-likeness (QED) is 0.728. The van der Waals surface area contributed by atoms with E-state index in [4.69, 9.17) is 9.15 Å². The number of furan rings is 1. The Labute approximate surface area is 131 Å². The maximum atomic E-state index is 12.7. The van der Waals surface area contributed by atoms with Gasteiger partial charge in [0, 0.05) is 24.9 Å². The molecule has 1 spiro atoms. The Kier molecular flexibility index (Phi) is 2.67. The number of ether oxygens (including phenoxy) is 1. The van der Waals surface area contributed by atoms with Gasteiger partial charge in [0.2, 0.25) is 0 Å². The molecule has 3 atom stereocenters. The van der Waals surface area contributed by atoms with Crippen LogP contribution in [-0.4, -0.2) is 47.4 Å². The van der Waals surface area contributed by atoms with Crippen molar-refractivity contribution in [2.75, 3.05) is 13.7 Å². The molecule has 23 heavy (non-hydrogen) atoms. The van der Waals surface area contributed by atoms with Gasteiger partial charge in [-0.15, -0.1) is 0 Å². The number of carbonyl (C=O) groups excluding carboxylic acids is 3. The fraction of sp³-hybridized carbons (Fsp3) is 0.438. The van der Waals surface area contributed by atoms with E-state index >= 15 is 0 Å². The summed E-state index contributed by atoms with van der Waals surface area (Å²) >= 11 is 0. The highest BCUT2D eigenvalue weighted by atomic mass is 16.5. The van der Waals surface area contributed by atoms with E-state index < -0.39 is 28.9 Å². The van der Waals surface area contributed by atoms with Crippen molar-refractivity contribution in [2.24, 2.45) is 5.41 Å². The third-order valence-electron chi connectivity index (χ3n) is 5.32. The average molecular weight is 317 g/mol. The second-order valence-corrected chi connectivity index (χ2v) is 6.10. The molecule has 0 saturated carbocycles. The molecule has 7 heteroatoms. The van der Waals surface area contributed by atoms with Crippen LogP contribution in [0.15, 0.2) is 28.9 Å². The van der Waals surface area contributed by atoms with Gasteiger partial charge in [0.05, 0.1) is 13.4 Å². The van der Waals surface area contributed by atoms with E-state index in [0.29, 0.717) is 17.7 Å². The normalized spacial score (nSPS) is 34.9. The van der Waals surface area contributed by atoms with E-state index in [-0.39, 0.29) is 18.7 Å². The van der Waals surface area contributed by atoms with Gasteiger partial charge < -0.3 is 19.2 Å². The van der Waals surface area contributed by atoms with Crippen LogP contribution >= 0.6 is 0 Å². The van der Waals surface area contributed by atoms with Crippen molar-refractivity contribution in [2.45, 2.75) is 24.5 Å². The molecule has 4 rings (SSSR count). The zero-order chi connectivity index (χ0) is 16.4. The van der Waals surface area contributed by atoms with Gasteiger partial charge >= 0.3 is 5.97 Å². The molecule has 1 aromatic heterocycles. The Morgan fingerprint density at radius 2 is 2.26 bits per heavy atom. The van der Waals surface area contributed by atoms with Gasteiger partial charge in [-0.3, -0.25) is 14.4 Å². The highest BCUT2D eigenvalue weighted by Gasteiger charge is 2.74. The number of hydrogen-bond donors (Lipinski definition) is 1. The second-order valence-electron chi connectivity index (χ2n) is 6.10. The van der Waals surface area contributed by atoms with Crippen molar-refractivity contribution < 1.29 is 28.6 Å². The lowest BCUT2D eigenvalue weighted by molar-refractivity contribution is -0.162. The van der Waals surface area contributed by atoms with Crippen LogP contribution in [0.2, 0.25) is 0 Å². The summed E-state index contributed by atoms with van der Waals surface area (Å²) in [6.07, 6.45) is 2.83. The summed E-state index contributed by atoms with van der Waals surface area (Å²) in [7, 11) is 1.20. The Bertz CT molecular complexity index is 764. The second kappa shape index (κ2) is 4.32. The van der Waals surface area contributed by atoms with Crippen LogP contribution in [-0.2, 0) is 31.1 Å². The van der Waals surface area contributed by atoms with Gasteiger partial charge in [-0.2, -0.15) is 0 Å². The molecule has 0 radical (unpaired) electrons. The standard InChI is InChI=1S/C16H15NO6/c1-22-14(21)15-5-2-9(18)8-16(15)10-4-7-23-11(10)3-6-17(16)13(20)12(15)19/h2,4-5,7,12,19H,3,6,8H2,1H3/t12-,15+,16-/m1/s1. The number of allylic oxidation sites excluding steroid dienone is 1. The third kappa shape index (κ3) is 1.37. The summed E-state index contributed by atoms with van der Waals surface area (Å²) in [6, 6.07) is 1.66. The zero-order valence-corrected chi connectivity index (χ0v) is 12.4. The molecule has 1 aromatic rings. The van der Waals surface area contributed by atoms with Crippen molar-refractivity contribution >= 4 is 17.7 Å². The monoisotopic (exact) mass is 317 g/mol. The van der Waals surface area contributed by atoms with Crippen LogP contribution in [0.4, 0.5) is 0 Å². The van der Waals surface area contributed by atoms with E-state index in [9.17, 15) is 19.5 Å². The minimum Gasteiger partial charge on any atom is -0.469 e. The van der Waals surface area contributed by atoms with E-state index in [1.54, 1.807) is 6.07 Å². The highest BCUT2D eigenvalue weighted by Crippen LogP contribution is 2.60. The van der Waals surface area contributed by atoms with Crippen molar-refractivity contribution in [3.8, 4) is 0 Å². The van der Waals surface area contributed by atoms with Crippen molar-refractivity contribution in [3.63, 3.8) is 0 Å². The summed E-state index contributed by atoms with van der Waals surface area (Å²) in [5.74, 6) is -0.898. The van der Waals surface area contributed by atoms with Crippen LogP contribution < -0.4 is 0 Å². The number of hydrogen-bond acceptors (Lipinski definition) is 6. The fourth-order valence-corrected chi connectivity index (χ4v) is 4.38. The molecule has 7 nitrogen and oxygen atoms in total. The summed E-state index contributed by atoms with van der Waals surface area (Å²) in [6.45, 7) is 0.274. The van der Waals surface area contributed by atoms with Crippen molar-refractivity contribution in [3.05, 3.63) is 35.8 Å².